The van der Waals surface area contributed by atoms with Gasteiger partial charge in [-0.1, -0.05) is 12.1 Å². The number of aromatic nitrogens is 2. The molecule has 0 fully saturated rings. The van der Waals surface area contributed by atoms with Crippen LogP contribution in [-0.2, 0) is 6.54 Å². The summed E-state index contributed by atoms with van der Waals surface area (Å²) in [6.07, 6.45) is 0. The number of hydrogen-bond donors (Lipinski definition) is 1. The Balaban J connectivity index is 2.18. The summed E-state index contributed by atoms with van der Waals surface area (Å²) in [5, 5.41) is 18.6. The smallest absolute Gasteiger partial charge is 0.346 e. The number of nitrogens with zero attached hydrogens (tertiary/aromatic N) is 3. The van der Waals surface area contributed by atoms with Gasteiger partial charge < -0.3 is 5.11 Å². The van der Waals surface area contributed by atoms with Gasteiger partial charge in [-0.15, -0.1) is 11.3 Å². The summed E-state index contributed by atoms with van der Waals surface area (Å²) in [5.74, 6) is -0.547. The number of benzene rings is 1. The molecular weight excluding hydrogens is 326 g/mol. The average Bonchev–Trinajstić information content (AvgIpc) is 2.88. The molecular formula is C17H13N3O3S. The van der Waals surface area contributed by atoms with Crippen molar-refractivity contribution in [1.82, 2.24) is 9.55 Å². The number of carbonyl (C=O) groups is 1. The van der Waals surface area contributed by atoms with Crippen molar-refractivity contribution in [3.05, 3.63) is 62.0 Å². The standard InChI is InChI=1S/C17H13N3O3S/c1-9-13-15(24-14(9)17(22)23)19-10(2)20(16(13)21)8-12-5-3-4-11(6-12)7-18/h3-6H,8H2,1-2H3,(H,22,23). The summed E-state index contributed by atoms with van der Waals surface area (Å²) in [6.45, 7) is 3.62. The first-order chi connectivity index (χ1) is 11.4. The summed E-state index contributed by atoms with van der Waals surface area (Å²) in [6, 6.07) is 9.08. The van der Waals surface area contributed by atoms with Crippen molar-refractivity contribution >= 4 is 27.5 Å². The van der Waals surface area contributed by atoms with Crippen molar-refractivity contribution in [2.24, 2.45) is 0 Å². The van der Waals surface area contributed by atoms with E-state index in [1.807, 2.05) is 6.07 Å². The molecule has 0 unspecified atom stereocenters. The zero-order valence-corrected chi connectivity index (χ0v) is 13.8. The van der Waals surface area contributed by atoms with E-state index in [-0.39, 0.29) is 17.0 Å². The lowest BCUT2D eigenvalue weighted by Gasteiger charge is -2.10. The van der Waals surface area contributed by atoms with Crippen molar-refractivity contribution < 1.29 is 9.90 Å². The summed E-state index contributed by atoms with van der Waals surface area (Å²) in [4.78, 5) is 29.1. The van der Waals surface area contributed by atoms with E-state index in [2.05, 4.69) is 11.1 Å². The first kappa shape index (κ1) is 15.9. The molecule has 24 heavy (non-hydrogen) atoms. The molecule has 1 N–H and O–H groups in total. The van der Waals surface area contributed by atoms with E-state index in [9.17, 15) is 14.7 Å². The molecule has 120 valence electrons. The van der Waals surface area contributed by atoms with Crippen LogP contribution in [0.15, 0.2) is 29.1 Å². The minimum atomic E-state index is -1.05. The molecule has 0 radical (unpaired) electrons. The molecule has 0 atom stereocenters. The number of carboxylic acid groups (broad SMARTS) is 1. The molecule has 3 rings (SSSR count). The lowest BCUT2D eigenvalue weighted by atomic mass is 10.1. The molecule has 3 aromatic rings. The molecule has 6 nitrogen and oxygen atoms in total. The van der Waals surface area contributed by atoms with Crippen LogP contribution in [0.2, 0.25) is 0 Å². The normalized spacial score (nSPS) is 10.7. The zero-order valence-electron chi connectivity index (χ0n) is 13.0. The molecule has 0 aliphatic heterocycles. The van der Waals surface area contributed by atoms with Crippen LogP contribution in [0.1, 0.15) is 32.2 Å². The minimum Gasteiger partial charge on any atom is -0.477 e. The van der Waals surface area contributed by atoms with E-state index in [0.29, 0.717) is 27.2 Å². The second-order valence-electron chi connectivity index (χ2n) is 5.40. The summed E-state index contributed by atoms with van der Waals surface area (Å²) >= 11 is 1.01. The number of nitriles is 1. The van der Waals surface area contributed by atoms with Crippen molar-refractivity contribution in [1.29, 1.82) is 5.26 Å². The first-order valence-electron chi connectivity index (χ1n) is 7.15. The van der Waals surface area contributed by atoms with Crippen LogP contribution in [0.3, 0.4) is 0 Å². The van der Waals surface area contributed by atoms with E-state index >= 15 is 0 Å². The van der Waals surface area contributed by atoms with Gasteiger partial charge in [0.25, 0.3) is 5.56 Å². The van der Waals surface area contributed by atoms with E-state index in [1.54, 1.807) is 32.0 Å². The van der Waals surface area contributed by atoms with Crippen molar-refractivity contribution in [2.45, 2.75) is 20.4 Å². The van der Waals surface area contributed by atoms with Crippen LogP contribution in [0.25, 0.3) is 10.2 Å². The quantitative estimate of drug-likeness (QED) is 0.791. The van der Waals surface area contributed by atoms with Crippen LogP contribution in [-0.4, -0.2) is 20.6 Å². The predicted octanol–water partition coefficient (Wildman–Crippen LogP) is 2.69. The van der Waals surface area contributed by atoms with Crippen LogP contribution < -0.4 is 5.56 Å². The highest BCUT2D eigenvalue weighted by atomic mass is 32.1. The monoisotopic (exact) mass is 339 g/mol. The number of aromatic carboxylic acids is 1. The van der Waals surface area contributed by atoms with Gasteiger partial charge in [0.15, 0.2) is 0 Å². The van der Waals surface area contributed by atoms with Gasteiger partial charge in [0.2, 0.25) is 0 Å². The fourth-order valence-electron chi connectivity index (χ4n) is 2.63. The third-order valence-corrected chi connectivity index (χ3v) is 5.01. The molecule has 0 aliphatic rings. The highest BCUT2D eigenvalue weighted by Gasteiger charge is 2.20. The molecule has 0 amide bonds. The number of thiophene rings is 1. The van der Waals surface area contributed by atoms with Gasteiger partial charge in [-0.2, -0.15) is 5.26 Å². The summed E-state index contributed by atoms with van der Waals surface area (Å²) < 4.78 is 1.50. The first-order valence-corrected chi connectivity index (χ1v) is 7.97. The molecule has 0 spiro atoms. The van der Waals surface area contributed by atoms with Crippen molar-refractivity contribution in [3.8, 4) is 6.07 Å². The van der Waals surface area contributed by atoms with Gasteiger partial charge in [-0.05, 0) is 37.1 Å². The number of hydrogen-bond acceptors (Lipinski definition) is 5. The number of carboxylic acids is 1. The number of aryl methyl sites for hydroxylation is 2. The van der Waals surface area contributed by atoms with Crippen molar-refractivity contribution in [2.75, 3.05) is 0 Å². The van der Waals surface area contributed by atoms with E-state index in [1.165, 1.54) is 4.57 Å². The maximum atomic E-state index is 12.8. The Hall–Kier alpha value is -2.98. The van der Waals surface area contributed by atoms with Gasteiger partial charge in [0.05, 0.1) is 23.6 Å². The topological polar surface area (TPSA) is 96.0 Å². The fourth-order valence-corrected chi connectivity index (χ4v) is 3.69. The Morgan fingerprint density at radius 2 is 2.17 bits per heavy atom. The largest absolute Gasteiger partial charge is 0.477 e. The summed E-state index contributed by atoms with van der Waals surface area (Å²) in [7, 11) is 0. The maximum Gasteiger partial charge on any atom is 0.346 e. The van der Waals surface area contributed by atoms with Gasteiger partial charge in [0, 0.05) is 0 Å². The highest BCUT2D eigenvalue weighted by Crippen LogP contribution is 2.27. The van der Waals surface area contributed by atoms with Crippen LogP contribution in [0.5, 0.6) is 0 Å². The Labute approximate surface area is 141 Å². The Kier molecular flexibility index (Phi) is 3.91. The molecule has 2 aromatic heterocycles. The van der Waals surface area contributed by atoms with Crippen molar-refractivity contribution in [3.63, 3.8) is 0 Å². The molecule has 2 heterocycles. The minimum absolute atomic E-state index is 0.137. The van der Waals surface area contributed by atoms with E-state index in [0.717, 1.165) is 16.9 Å². The second-order valence-corrected chi connectivity index (χ2v) is 6.40. The average molecular weight is 339 g/mol. The molecule has 0 saturated carbocycles. The highest BCUT2D eigenvalue weighted by molar-refractivity contribution is 7.20. The van der Waals surface area contributed by atoms with Crippen LogP contribution >= 0.6 is 11.3 Å². The van der Waals surface area contributed by atoms with Gasteiger partial charge in [0.1, 0.15) is 15.5 Å². The number of rotatable bonds is 3. The number of fused-ring (bicyclic) bond motifs is 1. The fraction of sp³-hybridized carbons (Fsp3) is 0.176. The lowest BCUT2D eigenvalue weighted by molar-refractivity contribution is 0.0701. The van der Waals surface area contributed by atoms with Crippen LogP contribution in [0.4, 0.5) is 0 Å². The second kappa shape index (κ2) is 5.91. The van der Waals surface area contributed by atoms with Gasteiger partial charge >= 0.3 is 5.97 Å². The predicted molar refractivity (Wildman–Crippen MR) is 90.6 cm³/mol. The Bertz CT molecular complexity index is 1070. The molecule has 0 bridgehead atoms. The SMILES string of the molecule is Cc1c(C(=O)O)sc2nc(C)n(Cc3cccc(C#N)c3)c(=O)c12. The maximum absolute atomic E-state index is 12.8. The van der Waals surface area contributed by atoms with E-state index < -0.39 is 5.97 Å². The molecule has 0 aliphatic carbocycles. The van der Waals surface area contributed by atoms with Gasteiger partial charge in [-0.3, -0.25) is 9.36 Å². The lowest BCUT2D eigenvalue weighted by Crippen LogP contribution is -2.24. The van der Waals surface area contributed by atoms with E-state index in [4.69, 9.17) is 5.26 Å². The Morgan fingerprint density at radius 3 is 2.83 bits per heavy atom. The molecule has 7 heteroatoms. The zero-order chi connectivity index (χ0) is 17.4. The van der Waals surface area contributed by atoms with Gasteiger partial charge in [-0.25, -0.2) is 9.78 Å². The van der Waals surface area contributed by atoms with Crippen LogP contribution in [0, 0.1) is 25.2 Å². The molecule has 1 aromatic carbocycles. The Morgan fingerprint density at radius 1 is 1.42 bits per heavy atom. The third-order valence-electron chi connectivity index (χ3n) is 3.83. The summed E-state index contributed by atoms with van der Waals surface area (Å²) in [5.41, 5.74) is 1.51. The molecule has 0 saturated heterocycles. The third kappa shape index (κ3) is 2.57.